The number of carbonyl (C=O) groups is 1. The third-order valence-electron chi connectivity index (χ3n) is 4.84. The number of halogens is 1. The monoisotopic (exact) mass is 307 g/mol. The van der Waals surface area contributed by atoms with Gasteiger partial charge in [-0.3, -0.25) is 4.79 Å². The van der Waals surface area contributed by atoms with Crippen molar-refractivity contribution in [3.8, 4) is 0 Å². The van der Waals surface area contributed by atoms with Gasteiger partial charge in [-0.05, 0) is 43.9 Å². The minimum Gasteiger partial charge on any atom is -0.378 e. The van der Waals surface area contributed by atoms with E-state index < -0.39 is 0 Å². The highest BCUT2D eigenvalue weighted by atomic mass is 19.1. The molecule has 0 bridgehead atoms. The van der Waals surface area contributed by atoms with Gasteiger partial charge in [-0.15, -0.1) is 0 Å². The van der Waals surface area contributed by atoms with E-state index in [1.54, 1.807) is 24.1 Å². The van der Waals surface area contributed by atoms with Crippen LogP contribution in [0.3, 0.4) is 0 Å². The summed E-state index contributed by atoms with van der Waals surface area (Å²) in [5, 5.41) is 0. The third kappa shape index (κ3) is 2.88. The highest BCUT2D eigenvalue weighted by Gasteiger charge is 2.45. The first-order valence-electron chi connectivity index (χ1n) is 7.86. The van der Waals surface area contributed by atoms with Crippen LogP contribution in [0.4, 0.5) is 4.39 Å². The summed E-state index contributed by atoms with van der Waals surface area (Å²) < 4.78 is 24.9. The molecule has 1 unspecified atom stereocenters. The van der Waals surface area contributed by atoms with Gasteiger partial charge in [-0.2, -0.15) is 0 Å². The number of piperidine rings is 1. The zero-order valence-corrected chi connectivity index (χ0v) is 12.9. The number of amides is 1. The molecule has 22 heavy (non-hydrogen) atoms. The van der Waals surface area contributed by atoms with Crippen molar-refractivity contribution in [2.24, 2.45) is 0 Å². The Labute approximate surface area is 130 Å². The van der Waals surface area contributed by atoms with E-state index in [0.717, 1.165) is 32.3 Å². The van der Waals surface area contributed by atoms with E-state index in [4.69, 9.17) is 9.47 Å². The summed E-state index contributed by atoms with van der Waals surface area (Å²) in [5.74, 6) is -0.492. The average molecular weight is 307 g/mol. The molecule has 5 heteroatoms. The van der Waals surface area contributed by atoms with Gasteiger partial charge < -0.3 is 14.4 Å². The predicted molar refractivity (Wildman–Crippen MR) is 80.3 cm³/mol. The second-order valence-electron chi connectivity index (χ2n) is 6.08. The van der Waals surface area contributed by atoms with Crippen molar-refractivity contribution < 1.29 is 18.7 Å². The van der Waals surface area contributed by atoms with Crippen LogP contribution < -0.4 is 0 Å². The number of likely N-dealkylation sites (tertiary alicyclic amines) is 1. The van der Waals surface area contributed by atoms with Gasteiger partial charge in [0.25, 0.3) is 5.91 Å². The Hall–Kier alpha value is -1.46. The highest BCUT2D eigenvalue weighted by molar-refractivity contribution is 5.94. The molecule has 2 aliphatic rings. The van der Waals surface area contributed by atoms with E-state index in [1.165, 1.54) is 12.1 Å². The summed E-state index contributed by atoms with van der Waals surface area (Å²) in [7, 11) is 1.73. The second kappa shape index (κ2) is 6.34. The number of methoxy groups -OCH3 is 1. The fraction of sp³-hybridized carbons (Fsp3) is 0.588. The van der Waals surface area contributed by atoms with Crippen LogP contribution in [0.1, 0.15) is 36.0 Å². The van der Waals surface area contributed by atoms with Crippen molar-refractivity contribution in [3.63, 3.8) is 0 Å². The predicted octanol–water partition coefficient (Wildman–Crippen LogP) is 2.63. The smallest absolute Gasteiger partial charge is 0.253 e. The van der Waals surface area contributed by atoms with Gasteiger partial charge in [-0.1, -0.05) is 6.07 Å². The third-order valence-corrected chi connectivity index (χ3v) is 4.84. The minimum absolute atomic E-state index is 0.104. The molecular weight excluding hydrogens is 285 g/mol. The van der Waals surface area contributed by atoms with Gasteiger partial charge in [0.15, 0.2) is 0 Å². The van der Waals surface area contributed by atoms with Crippen molar-refractivity contribution in [2.45, 2.75) is 37.4 Å². The van der Waals surface area contributed by atoms with E-state index in [2.05, 4.69) is 0 Å². The van der Waals surface area contributed by atoms with Crippen molar-refractivity contribution in [2.75, 3.05) is 26.8 Å². The molecule has 2 saturated heterocycles. The van der Waals surface area contributed by atoms with E-state index >= 15 is 0 Å². The molecule has 0 radical (unpaired) electrons. The molecule has 0 aliphatic carbocycles. The van der Waals surface area contributed by atoms with E-state index in [1.807, 2.05) is 0 Å². The molecule has 1 aromatic carbocycles. The van der Waals surface area contributed by atoms with Crippen LogP contribution in [0.5, 0.6) is 0 Å². The molecule has 1 aromatic rings. The number of hydrogen-bond donors (Lipinski definition) is 0. The number of benzene rings is 1. The van der Waals surface area contributed by atoms with Crippen LogP contribution in [0.25, 0.3) is 0 Å². The van der Waals surface area contributed by atoms with Crippen LogP contribution in [-0.2, 0) is 9.47 Å². The van der Waals surface area contributed by atoms with E-state index in [0.29, 0.717) is 18.7 Å². The molecule has 1 spiro atoms. The lowest BCUT2D eigenvalue weighted by Crippen LogP contribution is -2.56. The minimum atomic E-state index is -0.380. The maximum atomic E-state index is 13.3. The quantitative estimate of drug-likeness (QED) is 0.843. The summed E-state index contributed by atoms with van der Waals surface area (Å²) >= 11 is 0. The van der Waals surface area contributed by atoms with Gasteiger partial charge in [0.05, 0.1) is 11.7 Å². The fourth-order valence-electron chi connectivity index (χ4n) is 3.59. The van der Waals surface area contributed by atoms with Gasteiger partial charge in [0.1, 0.15) is 5.82 Å². The molecule has 1 atom stereocenters. The Bertz CT molecular complexity index is 540. The summed E-state index contributed by atoms with van der Waals surface area (Å²) in [6.07, 6.45) is 3.67. The average Bonchev–Trinajstić information content (AvgIpc) is 2.55. The second-order valence-corrected chi connectivity index (χ2v) is 6.08. The zero-order chi connectivity index (χ0) is 15.6. The van der Waals surface area contributed by atoms with Crippen molar-refractivity contribution in [3.05, 3.63) is 35.6 Å². The van der Waals surface area contributed by atoms with Gasteiger partial charge in [0, 0.05) is 32.4 Å². The molecule has 0 saturated carbocycles. The first-order valence-corrected chi connectivity index (χ1v) is 7.86. The zero-order valence-electron chi connectivity index (χ0n) is 12.9. The Morgan fingerprint density at radius 3 is 2.86 bits per heavy atom. The van der Waals surface area contributed by atoms with Gasteiger partial charge in [0.2, 0.25) is 0 Å². The lowest BCUT2D eigenvalue weighted by molar-refractivity contribution is -0.183. The molecule has 0 aromatic heterocycles. The van der Waals surface area contributed by atoms with Crippen LogP contribution in [-0.4, -0.2) is 49.3 Å². The summed E-state index contributed by atoms with van der Waals surface area (Å²) in [4.78, 5) is 14.2. The first kappa shape index (κ1) is 15.4. The normalized spacial score (nSPS) is 24.5. The molecular formula is C17H22FNO3. The highest BCUT2D eigenvalue weighted by Crippen LogP contribution is 2.37. The molecule has 2 heterocycles. The Balaban J connectivity index is 1.67. The molecule has 1 amide bonds. The summed E-state index contributed by atoms with van der Waals surface area (Å²) in [5.41, 5.74) is 0.148. The number of ether oxygens (including phenoxy) is 2. The Morgan fingerprint density at radius 1 is 1.41 bits per heavy atom. The Morgan fingerprint density at radius 2 is 2.18 bits per heavy atom. The molecule has 3 rings (SSSR count). The van der Waals surface area contributed by atoms with Gasteiger partial charge >= 0.3 is 0 Å². The van der Waals surface area contributed by atoms with Crippen molar-refractivity contribution in [1.82, 2.24) is 4.90 Å². The number of rotatable bonds is 2. The maximum Gasteiger partial charge on any atom is 0.253 e. The molecule has 2 fully saturated rings. The number of hydrogen-bond acceptors (Lipinski definition) is 3. The van der Waals surface area contributed by atoms with E-state index in [9.17, 15) is 9.18 Å². The fourth-order valence-corrected chi connectivity index (χ4v) is 3.59. The molecule has 2 aliphatic heterocycles. The Kier molecular flexibility index (Phi) is 4.45. The standard InChI is InChI=1S/C17H22FNO3/c1-21-15-6-3-11-22-17(15)7-9-19(10-8-17)16(20)13-4-2-5-14(18)12-13/h2,4-5,12,15H,3,6-11H2,1H3. The topological polar surface area (TPSA) is 38.8 Å². The maximum absolute atomic E-state index is 13.3. The summed E-state index contributed by atoms with van der Waals surface area (Å²) in [6, 6.07) is 5.87. The lowest BCUT2D eigenvalue weighted by atomic mass is 9.81. The first-order chi connectivity index (χ1) is 10.6. The van der Waals surface area contributed by atoms with Crippen LogP contribution in [0.15, 0.2) is 24.3 Å². The van der Waals surface area contributed by atoms with Crippen LogP contribution in [0, 0.1) is 5.82 Å². The van der Waals surface area contributed by atoms with Crippen molar-refractivity contribution in [1.29, 1.82) is 0 Å². The SMILES string of the molecule is COC1CCCOC12CCN(C(=O)c1cccc(F)c1)CC2. The lowest BCUT2D eigenvalue weighted by Gasteiger charge is -2.48. The van der Waals surface area contributed by atoms with Crippen LogP contribution in [0.2, 0.25) is 0 Å². The number of nitrogens with zero attached hydrogens (tertiary/aromatic N) is 1. The van der Waals surface area contributed by atoms with Gasteiger partial charge in [-0.25, -0.2) is 4.39 Å². The molecule has 0 N–H and O–H groups in total. The number of carbonyl (C=O) groups excluding carboxylic acids is 1. The van der Waals surface area contributed by atoms with Crippen LogP contribution >= 0.6 is 0 Å². The van der Waals surface area contributed by atoms with Crippen molar-refractivity contribution >= 4 is 5.91 Å². The molecule has 4 nitrogen and oxygen atoms in total. The largest absolute Gasteiger partial charge is 0.378 e. The van der Waals surface area contributed by atoms with E-state index in [-0.39, 0.29) is 23.4 Å². The summed E-state index contributed by atoms with van der Waals surface area (Å²) in [6.45, 7) is 2.00. The molecule has 120 valence electrons.